The maximum Gasteiger partial charge on any atom is 0.320 e. The molecule has 0 aliphatic rings. The van der Waals surface area contributed by atoms with Crippen LogP contribution in [0.3, 0.4) is 0 Å². The molecule has 6 heteroatoms. The first-order valence-corrected chi connectivity index (χ1v) is 8.04. The molecule has 5 N–H and O–H groups in total. The number of benzene rings is 1. The number of rotatable bonds is 8. The molecule has 1 unspecified atom stereocenters. The maximum absolute atomic E-state index is 12.4. The Bertz CT molecular complexity index is 503. The van der Waals surface area contributed by atoms with E-state index in [1.807, 2.05) is 18.2 Å². The summed E-state index contributed by atoms with van der Waals surface area (Å²) < 4.78 is 0. The van der Waals surface area contributed by atoms with E-state index in [-0.39, 0.29) is 11.9 Å². The van der Waals surface area contributed by atoms with Gasteiger partial charge in [0.25, 0.3) is 0 Å². The van der Waals surface area contributed by atoms with E-state index >= 15 is 0 Å². The monoisotopic (exact) mass is 320 g/mol. The number of carbonyl (C=O) groups is 2. The molecule has 0 aromatic heterocycles. The lowest BCUT2D eigenvalue weighted by Crippen LogP contribution is -2.58. The van der Waals surface area contributed by atoms with Gasteiger partial charge in [-0.2, -0.15) is 0 Å². The van der Waals surface area contributed by atoms with Crippen LogP contribution in [0.2, 0.25) is 0 Å². The highest BCUT2D eigenvalue weighted by atomic mass is 16.2. The number of carbonyl (C=O) groups excluding carboxylic acids is 2. The predicted molar refractivity (Wildman–Crippen MR) is 93.2 cm³/mol. The summed E-state index contributed by atoms with van der Waals surface area (Å²) in [5.74, 6) is -0.243. The third-order valence-electron chi connectivity index (χ3n) is 3.55. The molecule has 1 rings (SSSR count). The van der Waals surface area contributed by atoms with Crippen LogP contribution in [0, 0.1) is 0 Å². The van der Waals surface area contributed by atoms with Gasteiger partial charge in [0.05, 0.1) is 0 Å². The van der Waals surface area contributed by atoms with E-state index in [2.05, 4.69) is 22.9 Å². The average Bonchev–Trinajstić information content (AvgIpc) is 2.51. The second-order valence-electron chi connectivity index (χ2n) is 6.12. The van der Waals surface area contributed by atoms with Crippen molar-refractivity contribution in [3.63, 3.8) is 0 Å². The van der Waals surface area contributed by atoms with Crippen LogP contribution in [-0.4, -0.2) is 30.1 Å². The van der Waals surface area contributed by atoms with Crippen LogP contribution < -0.4 is 21.7 Å². The molecule has 0 radical (unpaired) electrons. The Morgan fingerprint density at radius 3 is 2.43 bits per heavy atom. The van der Waals surface area contributed by atoms with E-state index in [1.165, 1.54) is 0 Å². The van der Waals surface area contributed by atoms with Crippen LogP contribution in [0.1, 0.15) is 40.0 Å². The van der Waals surface area contributed by atoms with Crippen molar-refractivity contribution < 1.29 is 9.59 Å². The second-order valence-corrected chi connectivity index (χ2v) is 6.12. The molecular formula is C17H28N4O2. The summed E-state index contributed by atoms with van der Waals surface area (Å²) in [4.78, 5) is 24.4. The molecule has 1 aromatic rings. The zero-order valence-corrected chi connectivity index (χ0v) is 14.2. The Hall–Kier alpha value is -2.08. The van der Waals surface area contributed by atoms with Gasteiger partial charge < -0.3 is 21.7 Å². The lowest BCUT2D eigenvalue weighted by molar-refractivity contribution is -0.126. The normalized spacial score (nSPS) is 12.3. The molecule has 3 amide bonds. The molecule has 0 heterocycles. The van der Waals surface area contributed by atoms with Crippen LogP contribution in [0.25, 0.3) is 0 Å². The number of hydrogen-bond donors (Lipinski definition) is 4. The number of amides is 3. The summed E-state index contributed by atoms with van der Waals surface area (Å²) in [6.07, 6.45) is 2.89. The highest BCUT2D eigenvalue weighted by Crippen LogP contribution is 2.08. The molecule has 0 aliphatic heterocycles. The molecule has 0 fully saturated rings. The molecule has 0 spiro atoms. The van der Waals surface area contributed by atoms with Gasteiger partial charge in [-0.05, 0) is 32.4 Å². The maximum atomic E-state index is 12.4. The highest BCUT2D eigenvalue weighted by molar-refractivity contribution is 5.95. The van der Waals surface area contributed by atoms with Gasteiger partial charge in [0.1, 0.15) is 5.54 Å². The zero-order valence-electron chi connectivity index (χ0n) is 14.2. The first-order valence-electron chi connectivity index (χ1n) is 8.04. The molecule has 128 valence electrons. The largest absolute Gasteiger partial charge is 0.350 e. The van der Waals surface area contributed by atoms with Crippen molar-refractivity contribution >= 4 is 17.6 Å². The van der Waals surface area contributed by atoms with Gasteiger partial charge in [0, 0.05) is 18.3 Å². The molecular weight excluding hydrogens is 292 g/mol. The first kappa shape index (κ1) is 19.0. The topological polar surface area (TPSA) is 96.2 Å². The molecule has 1 atom stereocenters. The van der Waals surface area contributed by atoms with Crippen molar-refractivity contribution in [2.45, 2.75) is 51.6 Å². The minimum atomic E-state index is -1.03. The summed E-state index contributed by atoms with van der Waals surface area (Å²) in [5.41, 5.74) is 5.34. The number of hydrogen-bond acceptors (Lipinski definition) is 3. The Morgan fingerprint density at radius 2 is 1.87 bits per heavy atom. The van der Waals surface area contributed by atoms with Crippen molar-refractivity contribution in [1.82, 2.24) is 10.6 Å². The van der Waals surface area contributed by atoms with Crippen LogP contribution in [-0.2, 0) is 4.79 Å². The second kappa shape index (κ2) is 9.15. The molecule has 0 bridgehead atoms. The lowest BCUT2D eigenvalue weighted by atomic mass is 10.0. The first-order chi connectivity index (χ1) is 10.9. The third kappa shape index (κ3) is 6.69. The molecule has 23 heavy (non-hydrogen) atoms. The number of nitrogens with one attached hydrogen (secondary N) is 3. The summed E-state index contributed by atoms with van der Waals surface area (Å²) >= 11 is 0. The minimum absolute atomic E-state index is 0.0688. The Morgan fingerprint density at radius 1 is 1.22 bits per heavy atom. The number of para-hydroxylation sites is 1. The SMILES string of the molecule is CCCCC(CN)NC(=O)C(C)(C)NC(=O)Nc1ccccc1. The van der Waals surface area contributed by atoms with Gasteiger partial charge >= 0.3 is 6.03 Å². The van der Waals surface area contributed by atoms with Gasteiger partial charge in [-0.1, -0.05) is 38.0 Å². The fraction of sp³-hybridized carbons (Fsp3) is 0.529. The molecule has 0 saturated heterocycles. The van der Waals surface area contributed by atoms with Crippen molar-refractivity contribution in [2.75, 3.05) is 11.9 Å². The van der Waals surface area contributed by atoms with E-state index in [0.29, 0.717) is 12.2 Å². The molecule has 1 aromatic carbocycles. The van der Waals surface area contributed by atoms with Crippen LogP contribution in [0.15, 0.2) is 30.3 Å². The summed E-state index contributed by atoms with van der Waals surface area (Å²) in [7, 11) is 0. The Labute approximate surface area is 138 Å². The fourth-order valence-corrected chi connectivity index (χ4v) is 2.09. The van der Waals surface area contributed by atoms with E-state index < -0.39 is 11.6 Å². The van der Waals surface area contributed by atoms with Crippen LogP contribution in [0.4, 0.5) is 10.5 Å². The van der Waals surface area contributed by atoms with Gasteiger partial charge in [0.15, 0.2) is 0 Å². The van der Waals surface area contributed by atoms with Gasteiger partial charge in [0.2, 0.25) is 5.91 Å². The van der Waals surface area contributed by atoms with Gasteiger partial charge in [-0.15, -0.1) is 0 Å². The fourth-order valence-electron chi connectivity index (χ4n) is 2.09. The highest BCUT2D eigenvalue weighted by Gasteiger charge is 2.30. The summed E-state index contributed by atoms with van der Waals surface area (Å²) in [6.45, 7) is 5.81. The lowest BCUT2D eigenvalue weighted by Gasteiger charge is -2.28. The average molecular weight is 320 g/mol. The molecule has 0 saturated carbocycles. The number of nitrogens with two attached hydrogens (primary N) is 1. The third-order valence-corrected chi connectivity index (χ3v) is 3.55. The Kier molecular flexibility index (Phi) is 7.54. The smallest absolute Gasteiger partial charge is 0.320 e. The van der Waals surface area contributed by atoms with Crippen molar-refractivity contribution in [3.8, 4) is 0 Å². The zero-order chi connectivity index (χ0) is 17.3. The van der Waals surface area contributed by atoms with Crippen molar-refractivity contribution in [3.05, 3.63) is 30.3 Å². The van der Waals surface area contributed by atoms with E-state index in [9.17, 15) is 9.59 Å². The quantitative estimate of drug-likeness (QED) is 0.591. The minimum Gasteiger partial charge on any atom is -0.350 e. The standard InChI is InChI=1S/C17H28N4O2/c1-4-5-9-14(12-18)19-15(22)17(2,3)21-16(23)20-13-10-7-6-8-11-13/h6-8,10-11,14H,4-5,9,12,18H2,1-3H3,(H,19,22)(H2,20,21,23). The number of unbranched alkanes of at least 4 members (excludes halogenated alkanes) is 1. The molecule has 0 aliphatic carbocycles. The number of anilines is 1. The van der Waals surface area contributed by atoms with E-state index in [1.54, 1.807) is 26.0 Å². The number of urea groups is 1. The molecule has 6 nitrogen and oxygen atoms in total. The van der Waals surface area contributed by atoms with Crippen LogP contribution >= 0.6 is 0 Å². The predicted octanol–water partition coefficient (Wildman–Crippen LogP) is 2.22. The van der Waals surface area contributed by atoms with Crippen molar-refractivity contribution in [1.29, 1.82) is 0 Å². The summed E-state index contributed by atoms with van der Waals surface area (Å²) in [5, 5.41) is 8.29. The van der Waals surface area contributed by atoms with E-state index in [0.717, 1.165) is 19.3 Å². The van der Waals surface area contributed by atoms with Gasteiger partial charge in [-0.3, -0.25) is 4.79 Å². The van der Waals surface area contributed by atoms with E-state index in [4.69, 9.17) is 5.73 Å². The van der Waals surface area contributed by atoms with Gasteiger partial charge in [-0.25, -0.2) is 4.79 Å². The Balaban J connectivity index is 2.55. The van der Waals surface area contributed by atoms with Crippen LogP contribution in [0.5, 0.6) is 0 Å². The summed E-state index contributed by atoms with van der Waals surface area (Å²) in [6, 6.07) is 8.59. The van der Waals surface area contributed by atoms with Crippen molar-refractivity contribution in [2.24, 2.45) is 5.73 Å².